The Balaban J connectivity index is 1.47. The molecule has 0 N–H and O–H groups in total. The van der Waals surface area contributed by atoms with Crippen molar-refractivity contribution >= 4 is 11.4 Å². The highest BCUT2D eigenvalue weighted by atomic mass is 16.5. The second-order valence-corrected chi connectivity index (χ2v) is 8.15. The molecule has 3 heterocycles. The molecular weight excluding hydrogens is 368 g/mol. The van der Waals surface area contributed by atoms with Gasteiger partial charge in [-0.05, 0) is 30.9 Å². The number of likely N-dealkylation sites (N-methyl/N-ethyl adjacent to an activating group) is 1. The van der Waals surface area contributed by atoms with E-state index >= 15 is 0 Å². The van der Waals surface area contributed by atoms with Gasteiger partial charge in [0.15, 0.2) is 0 Å². The van der Waals surface area contributed by atoms with E-state index in [9.17, 15) is 4.79 Å². The molecule has 2 aliphatic carbocycles. The molecule has 2 aliphatic rings. The largest absolute Gasteiger partial charge is 0.469 e. The van der Waals surface area contributed by atoms with Crippen LogP contribution in [0, 0.1) is 5.92 Å². The minimum absolute atomic E-state index is 0.0470. The molecule has 0 saturated heterocycles. The summed E-state index contributed by atoms with van der Waals surface area (Å²) in [6, 6.07) is 2.09. The summed E-state index contributed by atoms with van der Waals surface area (Å²) in [5.41, 5.74) is 2.26. The summed E-state index contributed by atoms with van der Waals surface area (Å²) in [5.74, 6) is 1.05. The molecule has 0 atom stereocenters. The number of carbonyl (C=O) groups is 1. The van der Waals surface area contributed by atoms with Crippen LogP contribution in [0.25, 0.3) is 16.8 Å². The van der Waals surface area contributed by atoms with Crippen LogP contribution in [-0.4, -0.2) is 53.9 Å². The lowest BCUT2D eigenvalue weighted by atomic mass is 9.71. The number of hydrogen-bond acceptors (Lipinski definition) is 5. The minimum atomic E-state index is -0.272. The van der Waals surface area contributed by atoms with Crippen LogP contribution in [0.15, 0.2) is 43.5 Å². The molecule has 3 aromatic heterocycles. The van der Waals surface area contributed by atoms with Crippen LogP contribution < -0.4 is 4.74 Å². The van der Waals surface area contributed by atoms with Gasteiger partial charge in [-0.2, -0.15) is 10.2 Å². The van der Waals surface area contributed by atoms with E-state index < -0.39 is 0 Å². The highest BCUT2D eigenvalue weighted by Gasteiger charge is 2.57. The molecule has 2 fully saturated rings. The standard InChI is InChI=1S/C21H24N6O2/c1-4-19(28)26(3)16-9-21(10-16,15-5-6-15)29-20-18-7-8-22-27(18)13-17(24-20)14-11-23-25(2)12-14/h4,7-8,11-13,15-16H,1,5-6,9-10H2,2-3H3. The molecule has 3 aromatic rings. The number of fused-ring (bicyclic) bond motifs is 1. The summed E-state index contributed by atoms with van der Waals surface area (Å²) in [5, 5.41) is 8.63. The van der Waals surface area contributed by atoms with Crippen LogP contribution >= 0.6 is 0 Å². The fourth-order valence-electron chi connectivity index (χ4n) is 4.30. The number of amides is 1. The monoisotopic (exact) mass is 392 g/mol. The number of aromatic nitrogens is 5. The van der Waals surface area contributed by atoms with E-state index in [4.69, 9.17) is 9.72 Å². The third-order valence-corrected chi connectivity index (χ3v) is 6.21. The molecule has 1 amide bonds. The Hall–Kier alpha value is -3.16. The highest BCUT2D eigenvalue weighted by Crippen LogP contribution is 2.54. The van der Waals surface area contributed by atoms with Crippen molar-refractivity contribution in [3.63, 3.8) is 0 Å². The summed E-state index contributed by atoms with van der Waals surface area (Å²) in [4.78, 5) is 18.6. The second-order valence-electron chi connectivity index (χ2n) is 8.15. The SMILES string of the molecule is C=CC(=O)N(C)C1CC(Oc2nc(-c3cnn(C)c3)cn3nccc23)(C2CC2)C1. The maximum absolute atomic E-state index is 12.0. The minimum Gasteiger partial charge on any atom is -0.469 e. The fraction of sp³-hybridized carbons (Fsp3) is 0.429. The van der Waals surface area contributed by atoms with E-state index in [1.165, 1.54) is 6.08 Å². The zero-order chi connectivity index (χ0) is 20.2. The predicted molar refractivity (Wildman–Crippen MR) is 107 cm³/mol. The Bertz CT molecular complexity index is 1090. The first kappa shape index (κ1) is 17.9. The second kappa shape index (κ2) is 6.43. The van der Waals surface area contributed by atoms with Crippen molar-refractivity contribution in [3.05, 3.63) is 43.5 Å². The van der Waals surface area contributed by atoms with E-state index in [0.717, 1.165) is 42.5 Å². The van der Waals surface area contributed by atoms with Crippen LogP contribution in [0.1, 0.15) is 25.7 Å². The maximum Gasteiger partial charge on any atom is 0.245 e. The molecule has 2 saturated carbocycles. The molecule has 0 spiro atoms. The molecule has 0 radical (unpaired) electrons. The Morgan fingerprint density at radius 2 is 2.14 bits per heavy atom. The van der Waals surface area contributed by atoms with E-state index in [1.807, 2.05) is 32.6 Å². The summed E-state index contributed by atoms with van der Waals surface area (Å²) in [7, 11) is 3.72. The Kier molecular flexibility index (Phi) is 3.97. The summed E-state index contributed by atoms with van der Waals surface area (Å²) in [6.07, 6.45) is 12.7. The smallest absolute Gasteiger partial charge is 0.245 e. The van der Waals surface area contributed by atoms with Crippen LogP contribution in [0.2, 0.25) is 0 Å². The third kappa shape index (κ3) is 2.99. The summed E-state index contributed by atoms with van der Waals surface area (Å²) in [6.45, 7) is 3.59. The lowest BCUT2D eigenvalue weighted by Gasteiger charge is -2.50. The normalized spacial score (nSPS) is 23.6. The number of ether oxygens (including phenoxy) is 1. The molecule has 8 heteroatoms. The number of hydrogen-bond donors (Lipinski definition) is 0. The molecule has 0 bridgehead atoms. The van der Waals surface area contributed by atoms with Crippen molar-refractivity contribution in [2.75, 3.05) is 7.05 Å². The number of carbonyl (C=O) groups excluding carboxylic acids is 1. The van der Waals surface area contributed by atoms with Crippen LogP contribution in [0.5, 0.6) is 5.88 Å². The van der Waals surface area contributed by atoms with Gasteiger partial charge >= 0.3 is 0 Å². The number of aryl methyl sites for hydroxylation is 1. The summed E-state index contributed by atoms with van der Waals surface area (Å²) < 4.78 is 10.2. The van der Waals surface area contributed by atoms with Gasteiger partial charge in [0.2, 0.25) is 11.8 Å². The quantitative estimate of drug-likeness (QED) is 0.602. The Labute approximate surface area is 168 Å². The molecule has 8 nitrogen and oxygen atoms in total. The lowest BCUT2D eigenvalue weighted by Crippen LogP contribution is -2.59. The first-order valence-corrected chi connectivity index (χ1v) is 9.91. The third-order valence-electron chi connectivity index (χ3n) is 6.21. The van der Waals surface area contributed by atoms with Crippen molar-refractivity contribution in [2.24, 2.45) is 13.0 Å². The average molecular weight is 392 g/mol. The van der Waals surface area contributed by atoms with E-state index in [1.54, 1.807) is 26.5 Å². The Morgan fingerprint density at radius 3 is 2.79 bits per heavy atom. The van der Waals surface area contributed by atoms with Crippen molar-refractivity contribution in [3.8, 4) is 17.1 Å². The van der Waals surface area contributed by atoms with E-state index in [0.29, 0.717) is 11.8 Å². The topological polar surface area (TPSA) is 77.6 Å². The van der Waals surface area contributed by atoms with Gasteiger partial charge in [-0.15, -0.1) is 0 Å². The molecule has 0 aromatic carbocycles. The molecule has 0 unspecified atom stereocenters. The molecule has 5 rings (SSSR count). The van der Waals surface area contributed by atoms with Gasteiger partial charge in [0.05, 0.1) is 24.3 Å². The van der Waals surface area contributed by atoms with Crippen molar-refractivity contribution in [1.82, 2.24) is 29.3 Å². The average Bonchev–Trinajstić information content (AvgIpc) is 3.27. The van der Waals surface area contributed by atoms with Gasteiger partial charge in [0.1, 0.15) is 11.1 Å². The Morgan fingerprint density at radius 1 is 1.34 bits per heavy atom. The fourth-order valence-corrected chi connectivity index (χ4v) is 4.30. The van der Waals surface area contributed by atoms with Gasteiger partial charge in [-0.3, -0.25) is 9.48 Å². The maximum atomic E-state index is 12.0. The first-order valence-electron chi connectivity index (χ1n) is 9.91. The zero-order valence-corrected chi connectivity index (χ0v) is 16.7. The summed E-state index contributed by atoms with van der Waals surface area (Å²) >= 11 is 0. The number of nitrogens with zero attached hydrogens (tertiary/aromatic N) is 6. The van der Waals surface area contributed by atoms with Crippen molar-refractivity contribution < 1.29 is 9.53 Å². The zero-order valence-electron chi connectivity index (χ0n) is 16.7. The van der Waals surface area contributed by atoms with Crippen LogP contribution in [-0.2, 0) is 11.8 Å². The van der Waals surface area contributed by atoms with Crippen molar-refractivity contribution in [1.29, 1.82) is 0 Å². The van der Waals surface area contributed by atoms with Gasteiger partial charge in [0.25, 0.3) is 0 Å². The molecule has 29 heavy (non-hydrogen) atoms. The molecule has 150 valence electrons. The van der Waals surface area contributed by atoms with Gasteiger partial charge in [-0.1, -0.05) is 6.58 Å². The van der Waals surface area contributed by atoms with Gasteiger partial charge in [0, 0.05) is 44.7 Å². The number of rotatable bonds is 6. The van der Waals surface area contributed by atoms with E-state index in [-0.39, 0.29) is 17.6 Å². The van der Waals surface area contributed by atoms with Crippen LogP contribution in [0.3, 0.4) is 0 Å². The predicted octanol–water partition coefficient (Wildman–Crippen LogP) is 2.46. The van der Waals surface area contributed by atoms with Gasteiger partial charge in [-0.25, -0.2) is 9.50 Å². The van der Waals surface area contributed by atoms with Gasteiger partial charge < -0.3 is 9.64 Å². The molecular formula is C21H24N6O2. The van der Waals surface area contributed by atoms with Crippen LogP contribution in [0.4, 0.5) is 0 Å². The highest BCUT2D eigenvalue weighted by molar-refractivity contribution is 5.87. The molecule has 0 aliphatic heterocycles. The lowest BCUT2D eigenvalue weighted by molar-refractivity contribution is -0.137. The van der Waals surface area contributed by atoms with E-state index in [2.05, 4.69) is 16.8 Å². The first-order chi connectivity index (χ1) is 14.0. The van der Waals surface area contributed by atoms with Crippen molar-refractivity contribution in [2.45, 2.75) is 37.3 Å².